The lowest BCUT2D eigenvalue weighted by Crippen LogP contribution is -2.50. The standard InChI is InChI=1S/C18H20FN3OS/c1-12(20)18-21-16-6-3-7-17(24-9-8-23)15(16)11-22(18)14-5-2-4-13(19)10-14/h2-7,10-12,18,23H,8-9,20H2,1H3/t12?,18-/m1/s1. The molecule has 0 saturated heterocycles. The summed E-state index contributed by atoms with van der Waals surface area (Å²) < 4.78 is 13.7. The first kappa shape index (κ1) is 17.0. The van der Waals surface area contributed by atoms with Gasteiger partial charge in [0, 0.05) is 33.8 Å². The third kappa shape index (κ3) is 3.45. The molecule has 0 aromatic heterocycles. The second-order valence-corrected chi connectivity index (χ2v) is 6.82. The molecule has 0 bridgehead atoms. The van der Waals surface area contributed by atoms with E-state index in [0.717, 1.165) is 15.5 Å². The number of aliphatic hydroxyl groups excluding tert-OH is 1. The summed E-state index contributed by atoms with van der Waals surface area (Å²) in [6.45, 7) is 2.01. The number of nitrogens with zero attached hydrogens (tertiary/aromatic N) is 2. The van der Waals surface area contributed by atoms with Crippen molar-refractivity contribution in [2.24, 2.45) is 10.7 Å². The van der Waals surface area contributed by atoms with Gasteiger partial charge < -0.3 is 15.7 Å². The van der Waals surface area contributed by atoms with Crippen LogP contribution in [0.15, 0.2) is 52.4 Å². The number of benzene rings is 2. The van der Waals surface area contributed by atoms with Crippen molar-refractivity contribution in [3.63, 3.8) is 0 Å². The number of anilines is 1. The lowest BCUT2D eigenvalue weighted by molar-refractivity contribution is 0.322. The summed E-state index contributed by atoms with van der Waals surface area (Å²) in [7, 11) is 0. The summed E-state index contributed by atoms with van der Waals surface area (Å²) >= 11 is 1.57. The Kier molecular flexibility index (Phi) is 5.18. The number of nitrogens with two attached hydrogens (primary N) is 1. The number of fused-ring (bicyclic) bond motifs is 1. The van der Waals surface area contributed by atoms with Crippen LogP contribution in [0.5, 0.6) is 0 Å². The van der Waals surface area contributed by atoms with Crippen LogP contribution in [0.25, 0.3) is 6.20 Å². The molecule has 6 heteroatoms. The number of hydrogen-bond acceptors (Lipinski definition) is 5. The molecule has 1 heterocycles. The van der Waals surface area contributed by atoms with Crippen molar-refractivity contribution >= 4 is 23.6 Å². The molecule has 0 spiro atoms. The third-order valence-corrected chi connectivity index (χ3v) is 4.85. The molecule has 0 saturated carbocycles. The smallest absolute Gasteiger partial charge is 0.140 e. The number of halogens is 1. The Morgan fingerprint density at radius 3 is 2.83 bits per heavy atom. The average molecular weight is 345 g/mol. The molecule has 0 radical (unpaired) electrons. The van der Waals surface area contributed by atoms with E-state index in [2.05, 4.69) is 0 Å². The van der Waals surface area contributed by atoms with Gasteiger partial charge in [-0.1, -0.05) is 12.1 Å². The molecule has 1 unspecified atom stereocenters. The minimum Gasteiger partial charge on any atom is -0.396 e. The Labute approximate surface area is 144 Å². The average Bonchev–Trinajstić information content (AvgIpc) is 2.58. The van der Waals surface area contributed by atoms with E-state index in [1.165, 1.54) is 12.1 Å². The quantitative estimate of drug-likeness (QED) is 0.806. The van der Waals surface area contributed by atoms with E-state index in [1.807, 2.05) is 42.3 Å². The zero-order valence-corrected chi connectivity index (χ0v) is 14.2. The molecular weight excluding hydrogens is 325 g/mol. The Morgan fingerprint density at radius 2 is 2.12 bits per heavy atom. The fraction of sp³-hybridized carbons (Fsp3) is 0.278. The van der Waals surface area contributed by atoms with Crippen LogP contribution in [-0.4, -0.2) is 29.7 Å². The Hall–Kier alpha value is -1.89. The van der Waals surface area contributed by atoms with E-state index in [4.69, 9.17) is 15.8 Å². The van der Waals surface area contributed by atoms with Crippen molar-refractivity contribution in [2.45, 2.75) is 24.0 Å². The van der Waals surface area contributed by atoms with Crippen LogP contribution in [0.2, 0.25) is 0 Å². The topological polar surface area (TPSA) is 61.9 Å². The molecule has 1 aliphatic rings. The van der Waals surface area contributed by atoms with Crippen LogP contribution in [0.1, 0.15) is 6.92 Å². The first-order valence-corrected chi connectivity index (χ1v) is 8.80. The van der Waals surface area contributed by atoms with Crippen molar-refractivity contribution in [3.05, 3.63) is 58.9 Å². The van der Waals surface area contributed by atoms with Gasteiger partial charge in [-0.15, -0.1) is 11.8 Å². The maximum Gasteiger partial charge on any atom is 0.140 e. The predicted molar refractivity (Wildman–Crippen MR) is 95.8 cm³/mol. The number of thioether (sulfide) groups is 1. The maximum atomic E-state index is 13.7. The normalized spacial score (nSPS) is 17.7. The monoisotopic (exact) mass is 345 g/mol. The molecule has 0 aliphatic carbocycles. The maximum absolute atomic E-state index is 13.7. The van der Waals surface area contributed by atoms with E-state index in [0.29, 0.717) is 11.4 Å². The van der Waals surface area contributed by atoms with E-state index in [1.54, 1.807) is 17.8 Å². The van der Waals surface area contributed by atoms with E-state index < -0.39 is 0 Å². The second-order valence-electron chi connectivity index (χ2n) is 5.68. The van der Waals surface area contributed by atoms with Crippen molar-refractivity contribution in [1.82, 2.24) is 0 Å². The molecule has 3 rings (SSSR count). The molecule has 3 N–H and O–H groups in total. The van der Waals surface area contributed by atoms with Crippen LogP contribution in [0.3, 0.4) is 0 Å². The van der Waals surface area contributed by atoms with Crippen molar-refractivity contribution in [3.8, 4) is 0 Å². The van der Waals surface area contributed by atoms with Gasteiger partial charge in [-0.3, -0.25) is 4.99 Å². The fourth-order valence-electron chi connectivity index (χ4n) is 2.71. The largest absolute Gasteiger partial charge is 0.396 e. The summed E-state index contributed by atoms with van der Waals surface area (Å²) in [6, 6.07) is 12.1. The second kappa shape index (κ2) is 7.34. The highest BCUT2D eigenvalue weighted by Crippen LogP contribution is 2.22. The molecule has 4 nitrogen and oxygen atoms in total. The lowest BCUT2D eigenvalue weighted by Gasteiger charge is -2.32. The SMILES string of the molecule is CC(N)[C@@H]1N=c2cccc(SCCO)c2=CN1c1cccc(F)c1. The van der Waals surface area contributed by atoms with Crippen LogP contribution < -0.4 is 21.2 Å². The highest BCUT2D eigenvalue weighted by molar-refractivity contribution is 7.99. The molecule has 1 aliphatic heterocycles. The number of hydrogen-bond donors (Lipinski definition) is 2. The molecule has 2 aromatic carbocycles. The molecule has 24 heavy (non-hydrogen) atoms. The summed E-state index contributed by atoms with van der Waals surface area (Å²) in [5.74, 6) is 0.319. The van der Waals surface area contributed by atoms with Gasteiger partial charge in [0.25, 0.3) is 0 Å². The highest BCUT2D eigenvalue weighted by atomic mass is 32.2. The first-order chi connectivity index (χ1) is 11.6. The fourth-order valence-corrected chi connectivity index (χ4v) is 3.51. The van der Waals surface area contributed by atoms with Crippen LogP contribution in [0, 0.1) is 5.82 Å². The van der Waals surface area contributed by atoms with Gasteiger partial charge in [0.15, 0.2) is 0 Å². The minimum atomic E-state index is -0.294. The van der Waals surface area contributed by atoms with Gasteiger partial charge in [0.1, 0.15) is 12.0 Å². The Balaban J connectivity index is 2.14. The first-order valence-electron chi connectivity index (χ1n) is 7.82. The summed E-state index contributed by atoms with van der Waals surface area (Å²) in [5.41, 5.74) is 6.84. The van der Waals surface area contributed by atoms with E-state index in [-0.39, 0.29) is 24.6 Å². The van der Waals surface area contributed by atoms with Gasteiger partial charge in [0.2, 0.25) is 0 Å². The van der Waals surface area contributed by atoms with Gasteiger partial charge in [-0.2, -0.15) is 0 Å². The highest BCUT2D eigenvalue weighted by Gasteiger charge is 2.23. The summed E-state index contributed by atoms with van der Waals surface area (Å²) in [4.78, 5) is 7.73. The number of rotatable bonds is 5. The van der Waals surface area contributed by atoms with Gasteiger partial charge in [0.05, 0.1) is 12.0 Å². The third-order valence-electron chi connectivity index (χ3n) is 3.79. The molecule has 2 atom stereocenters. The Morgan fingerprint density at radius 1 is 1.33 bits per heavy atom. The zero-order chi connectivity index (χ0) is 17.1. The van der Waals surface area contributed by atoms with Crippen molar-refractivity contribution in [2.75, 3.05) is 17.3 Å². The molecule has 126 valence electrons. The Bertz CT molecular complexity index is 840. The zero-order valence-electron chi connectivity index (χ0n) is 13.4. The lowest BCUT2D eigenvalue weighted by atomic mass is 10.1. The van der Waals surface area contributed by atoms with Crippen LogP contribution in [0.4, 0.5) is 10.1 Å². The van der Waals surface area contributed by atoms with E-state index >= 15 is 0 Å². The minimum absolute atomic E-state index is 0.113. The molecular formula is C18H20FN3OS. The number of aliphatic hydroxyl groups is 1. The van der Waals surface area contributed by atoms with E-state index in [9.17, 15) is 4.39 Å². The van der Waals surface area contributed by atoms with Crippen molar-refractivity contribution < 1.29 is 9.50 Å². The van der Waals surface area contributed by atoms with Crippen molar-refractivity contribution in [1.29, 1.82) is 0 Å². The van der Waals surface area contributed by atoms with Gasteiger partial charge in [-0.05, 0) is 37.3 Å². The van der Waals surface area contributed by atoms with Gasteiger partial charge >= 0.3 is 0 Å². The van der Waals surface area contributed by atoms with Crippen LogP contribution in [-0.2, 0) is 0 Å². The molecule has 0 amide bonds. The predicted octanol–water partition coefficient (Wildman–Crippen LogP) is 1.46. The van der Waals surface area contributed by atoms with Gasteiger partial charge in [-0.25, -0.2) is 4.39 Å². The summed E-state index contributed by atoms with van der Waals surface area (Å²) in [5, 5.41) is 10.9. The molecule has 0 fully saturated rings. The summed E-state index contributed by atoms with van der Waals surface area (Å²) in [6.07, 6.45) is 1.68. The molecule has 2 aromatic rings. The van der Waals surface area contributed by atoms with Crippen LogP contribution >= 0.6 is 11.8 Å².